The zero-order chi connectivity index (χ0) is 12.4. The van der Waals surface area contributed by atoms with Crippen molar-refractivity contribution in [2.75, 3.05) is 24.5 Å². The fourth-order valence-corrected chi connectivity index (χ4v) is 2.72. The molecule has 0 spiro atoms. The number of nitrogens with one attached hydrogen (secondary N) is 1. The van der Waals surface area contributed by atoms with Crippen LogP contribution in [0.2, 0.25) is 0 Å². The van der Waals surface area contributed by atoms with Gasteiger partial charge in [-0.3, -0.25) is 0 Å². The average molecular weight is 301 g/mol. The van der Waals surface area contributed by atoms with Crippen LogP contribution in [-0.2, 0) is 0 Å². The van der Waals surface area contributed by atoms with Crippen LogP contribution in [0.5, 0.6) is 0 Å². The predicted octanol–water partition coefficient (Wildman–Crippen LogP) is 3.08. The molecule has 2 rings (SSSR count). The van der Waals surface area contributed by atoms with Gasteiger partial charge in [0.2, 0.25) is 0 Å². The number of hydrogen-bond acceptors (Lipinski definition) is 2. The Morgan fingerprint density at radius 2 is 2.29 bits per heavy atom. The molecular weight excluding hydrogens is 283 g/mol. The standard InChI is InChI=1S/C13H18BrFN2/c1-3-10-8-16-4-5-17(10)13-7-11(14)12(15)6-9(13)2/h6-7,10,16H,3-5,8H2,1-2H3. The van der Waals surface area contributed by atoms with Crippen LogP contribution in [0.4, 0.5) is 10.1 Å². The van der Waals surface area contributed by atoms with E-state index in [1.165, 1.54) is 0 Å². The van der Waals surface area contributed by atoms with E-state index >= 15 is 0 Å². The fourth-order valence-electron chi connectivity index (χ4n) is 2.39. The molecule has 1 atom stereocenters. The van der Waals surface area contributed by atoms with Gasteiger partial charge in [0.05, 0.1) is 4.47 Å². The van der Waals surface area contributed by atoms with Crippen molar-refractivity contribution in [1.82, 2.24) is 5.32 Å². The third-order valence-electron chi connectivity index (χ3n) is 3.37. The van der Waals surface area contributed by atoms with Crippen molar-refractivity contribution in [3.8, 4) is 0 Å². The maximum Gasteiger partial charge on any atom is 0.137 e. The van der Waals surface area contributed by atoms with Gasteiger partial charge in [-0.15, -0.1) is 0 Å². The molecule has 2 nitrogen and oxygen atoms in total. The molecule has 0 aliphatic carbocycles. The lowest BCUT2D eigenvalue weighted by atomic mass is 10.1. The van der Waals surface area contributed by atoms with Gasteiger partial charge >= 0.3 is 0 Å². The highest BCUT2D eigenvalue weighted by atomic mass is 79.9. The summed E-state index contributed by atoms with van der Waals surface area (Å²) in [6, 6.07) is 4.01. The van der Waals surface area contributed by atoms with E-state index in [9.17, 15) is 4.39 Å². The molecule has 0 aromatic heterocycles. The van der Waals surface area contributed by atoms with Crippen LogP contribution in [0.1, 0.15) is 18.9 Å². The third kappa shape index (κ3) is 2.63. The number of benzene rings is 1. The number of nitrogens with zero attached hydrogens (tertiary/aromatic N) is 1. The number of piperazine rings is 1. The monoisotopic (exact) mass is 300 g/mol. The van der Waals surface area contributed by atoms with E-state index in [4.69, 9.17) is 0 Å². The Labute approximate surface area is 110 Å². The molecular formula is C13H18BrFN2. The van der Waals surface area contributed by atoms with Crippen molar-refractivity contribution in [2.24, 2.45) is 0 Å². The highest BCUT2D eigenvalue weighted by molar-refractivity contribution is 9.10. The zero-order valence-corrected chi connectivity index (χ0v) is 11.8. The van der Waals surface area contributed by atoms with E-state index in [0.717, 1.165) is 37.3 Å². The molecule has 17 heavy (non-hydrogen) atoms. The molecule has 1 N–H and O–H groups in total. The molecule has 1 aliphatic heterocycles. The van der Waals surface area contributed by atoms with Crippen LogP contribution in [-0.4, -0.2) is 25.7 Å². The molecule has 1 fully saturated rings. The number of halogens is 2. The Hall–Kier alpha value is -0.610. The highest BCUT2D eigenvalue weighted by Crippen LogP contribution is 2.29. The summed E-state index contributed by atoms with van der Waals surface area (Å²) in [5, 5.41) is 3.40. The maximum atomic E-state index is 13.4. The molecule has 1 heterocycles. The Bertz CT molecular complexity index is 409. The van der Waals surface area contributed by atoms with Gasteiger partial charge in [0.15, 0.2) is 0 Å². The van der Waals surface area contributed by atoms with Gasteiger partial charge in [-0.1, -0.05) is 6.92 Å². The van der Waals surface area contributed by atoms with Crippen molar-refractivity contribution in [3.05, 3.63) is 28.0 Å². The number of anilines is 1. The first-order valence-corrected chi connectivity index (χ1v) is 6.85. The highest BCUT2D eigenvalue weighted by Gasteiger charge is 2.22. The van der Waals surface area contributed by atoms with Gasteiger partial charge in [0.25, 0.3) is 0 Å². The quantitative estimate of drug-likeness (QED) is 0.903. The molecule has 1 aromatic rings. The Morgan fingerprint density at radius 3 is 3.00 bits per heavy atom. The second-order valence-corrected chi connectivity index (χ2v) is 5.37. The Balaban J connectivity index is 2.34. The van der Waals surface area contributed by atoms with E-state index in [1.807, 2.05) is 13.0 Å². The molecule has 0 bridgehead atoms. The van der Waals surface area contributed by atoms with Crippen molar-refractivity contribution in [1.29, 1.82) is 0 Å². The molecule has 1 unspecified atom stereocenters. The largest absolute Gasteiger partial charge is 0.366 e. The van der Waals surface area contributed by atoms with Crippen LogP contribution in [0.15, 0.2) is 16.6 Å². The second-order valence-electron chi connectivity index (χ2n) is 4.51. The molecule has 0 amide bonds. The van der Waals surface area contributed by atoms with Crippen LogP contribution in [0.3, 0.4) is 0 Å². The van der Waals surface area contributed by atoms with E-state index in [1.54, 1.807) is 6.07 Å². The summed E-state index contributed by atoms with van der Waals surface area (Å²) in [6.45, 7) is 7.14. The van der Waals surface area contributed by atoms with Crippen LogP contribution in [0, 0.1) is 12.7 Å². The summed E-state index contributed by atoms with van der Waals surface area (Å²) in [5.41, 5.74) is 2.15. The summed E-state index contributed by atoms with van der Waals surface area (Å²) in [6.07, 6.45) is 1.10. The van der Waals surface area contributed by atoms with Crippen LogP contribution in [0.25, 0.3) is 0 Å². The zero-order valence-electron chi connectivity index (χ0n) is 10.3. The Morgan fingerprint density at radius 1 is 1.53 bits per heavy atom. The van der Waals surface area contributed by atoms with Crippen molar-refractivity contribution in [3.63, 3.8) is 0 Å². The lowest BCUT2D eigenvalue weighted by molar-refractivity contribution is 0.465. The van der Waals surface area contributed by atoms with E-state index in [-0.39, 0.29) is 5.82 Å². The van der Waals surface area contributed by atoms with Gasteiger partial charge in [0, 0.05) is 31.4 Å². The molecule has 4 heteroatoms. The van der Waals surface area contributed by atoms with Crippen LogP contribution < -0.4 is 10.2 Å². The minimum Gasteiger partial charge on any atom is -0.366 e. The molecule has 1 aliphatic rings. The summed E-state index contributed by atoms with van der Waals surface area (Å²) >= 11 is 3.27. The normalized spacial score (nSPS) is 20.7. The van der Waals surface area contributed by atoms with Crippen molar-refractivity contribution in [2.45, 2.75) is 26.3 Å². The van der Waals surface area contributed by atoms with E-state index in [2.05, 4.69) is 33.1 Å². The van der Waals surface area contributed by atoms with Crippen LogP contribution >= 0.6 is 15.9 Å². The first-order valence-electron chi connectivity index (χ1n) is 6.06. The average Bonchev–Trinajstić information content (AvgIpc) is 2.34. The second kappa shape index (κ2) is 5.36. The smallest absolute Gasteiger partial charge is 0.137 e. The summed E-state index contributed by atoms with van der Waals surface area (Å²) in [5.74, 6) is -0.186. The molecule has 0 radical (unpaired) electrons. The van der Waals surface area contributed by atoms with E-state index < -0.39 is 0 Å². The minimum atomic E-state index is -0.186. The minimum absolute atomic E-state index is 0.186. The van der Waals surface area contributed by atoms with Crippen molar-refractivity contribution >= 4 is 21.6 Å². The molecule has 94 valence electrons. The number of hydrogen-bond donors (Lipinski definition) is 1. The topological polar surface area (TPSA) is 15.3 Å². The third-order valence-corrected chi connectivity index (χ3v) is 3.98. The number of rotatable bonds is 2. The molecule has 1 aromatic carbocycles. The van der Waals surface area contributed by atoms with Crippen molar-refractivity contribution < 1.29 is 4.39 Å². The Kier molecular flexibility index (Phi) is 4.05. The van der Waals surface area contributed by atoms with Gasteiger partial charge in [-0.25, -0.2) is 4.39 Å². The first kappa shape index (κ1) is 12.8. The first-order chi connectivity index (χ1) is 8.13. The summed E-state index contributed by atoms with van der Waals surface area (Å²) in [4.78, 5) is 2.38. The lowest BCUT2D eigenvalue weighted by Crippen LogP contribution is -2.51. The van der Waals surface area contributed by atoms with Gasteiger partial charge in [-0.05, 0) is 47.0 Å². The summed E-state index contributed by atoms with van der Waals surface area (Å²) in [7, 11) is 0. The van der Waals surface area contributed by atoms with E-state index in [0.29, 0.717) is 10.5 Å². The fraction of sp³-hybridized carbons (Fsp3) is 0.538. The maximum absolute atomic E-state index is 13.4. The number of aryl methyl sites for hydroxylation is 1. The molecule has 1 saturated heterocycles. The summed E-state index contributed by atoms with van der Waals surface area (Å²) < 4.78 is 14.0. The SMILES string of the molecule is CCC1CNCCN1c1cc(Br)c(F)cc1C. The van der Waals surface area contributed by atoms with Gasteiger partial charge in [0.1, 0.15) is 5.82 Å². The van der Waals surface area contributed by atoms with Gasteiger partial charge < -0.3 is 10.2 Å². The van der Waals surface area contributed by atoms with Gasteiger partial charge in [-0.2, -0.15) is 0 Å². The predicted molar refractivity (Wildman–Crippen MR) is 73.1 cm³/mol. The molecule has 0 saturated carbocycles. The lowest BCUT2D eigenvalue weighted by Gasteiger charge is -2.38.